The molecule has 1 N–H and O–H groups in total. The molecule has 17 heteroatoms. The molecule has 0 aliphatic heterocycles. The highest BCUT2D eigenvalue weighted by Gasteiger charge is 2.13. The van der Waals surface area contributed by atoms with Gasteiger partial charge in [0.25, 0.3) is 0 Å². The number of H-pyrrole nitrogens is 1. The summed E-state index contributed by atoms with van der Waals surface area (Å²) in [6.45, 7) is 9.93. The third-order valence-electron chi connectivity index (χ3n) is 3.76. The van der Waals surface area contributed by atoms with Gasteiger partial charge < -0.3 is 4.74 Å². The molecule has 4 rings (SSSR count). The number of nitrogens with zero attached hydrogens (tertiary/aromatic N) is 8. The smallest absolute Gasteiger partial charge is 0.321 e. The molecular weight excluding hydrogens is 836 g/mol. The molecule has 3 heterocycles. The van der Waals surface area contributed by atoms with Gasteiger partial charge in [-0.3, -0.25) is 5.10 Å². The molecule has 0 radical (unpaired) electrons. The minimum Gasteiger partial charge on any atom is -0.424 e. The van der Waals surface area contributed by atoms with Gasteiger partial charge in [-0.15, -0.1) is 15.3 Å². The normalized spacial score (nSPS) is 10.7. The van der Waals surface area contributed by atoms with Crippen molar-refractivity contribution < 1.29 is 9.13 Å². The monoisotopic (exact) mass is 853 g/mol. The van der Waals surface area contributed by atoms with E-state index in [1.807, 2.05) is 4.68 Å². The topological polar surface area (TPSA) is 112 Å². The highest BCUT2D eigenvalue weighted by atomic mass is 79.9. The molecule has 4 aromatic rings. The van der Waals surface area contributed by atoms with Crippen molar-refractivity contribution in [3.8, 4) is 11.8 Å². The van der Waals surface area contributed by atoms with Crippen LogP contribution >= 0.6 is 91.3 Å². The largest absolute Gasteiger partial charge is 0.424 e. The third-order valence-corrected chi connectivity index (χ3v) is 5.95. The predicted molar refractivity (Wildman–Crippen MR) is 156 cm³/mol. The van der Waals surface area contributed by atoms with Crippen LogP contribution in [0.1, 0.15) is 27.7 Å². The van der Waals surface area contributed by atoms with Crippen LogP contribution in [0.4, 0.5) is 4.39 Å². The summed E-state index contributed by atoms with van der Waals surface area (Å²) in [6.07, 6.45) is 0. The van der Waals surface area contributed by atoms with E-state index in [-0.39, 0.29) is 10.8 Å². The van der Waals surface area contributed by atoms with Crippen LogP contribution in [-0.2, 0) is 13.1 Å². The highest BCUT2D eigenvalue weighted by molar-refractivity contribution is 9.11. The molecule has 0 aliphatic carbocycles. The van der Waals surface area contributed by atoms with Gasteiger partial charge >= 0.3 is 6.01 Å². The van der Waals surface area contributed by atoms with Crippen LogP contribution in [-0.4, -0.2) is 44.7 Å². The summed E-state index contributed by atoms with van der Waals surface area (Å²) in [6, 6.07) is 4.27. The van der Waals surface area contributed by atoms with Gasteiger partial charge in [0, 0.05) is 24.2 Å². The van der Waals surface area contributed by atoms with E-state index in [1.165, 1.54) is 18.2 Å². The average Bonchev–Trinajstić information content (AvgIpc) is 3.39. The minimum absolute atomic E-state index is 0.268. The van der Waals surface area contributed by atoms with Crippen molar-refractivity contribution in [2.24, 2.45) is 11.8 Å². The number of nitrogens with one attached hydrogen (secondary N) is 1. The lowest BCUT2D eigenvalue weighted by molar-refractivity contribution is 0.370. The Labute approximate surface area is 260 Å². The lowest BCUT2D eigenvalue weighted by atomic mass is 10.2. The van der Waals surface area contributed by atoms with E-state index >= 15 is 0 Å². The summed E-state index contributed by atoms with van der Waals surface area (Å²) in [4.78, 5) is 11.9. The maximum atomic E-state index is 13.2. The summed E-state index contributed by atoms with van der Waals surface area (Å²) < 4.78 is 25.2. The number of halogens is 7. The number of rotatable bonds is 6. The van der Waals surface area contributed by atoms with Crippen LogP contribution in [0.15, 0.2) is 41.9 Å². The van der Waals surface area contributed by atoms with Crippen LogP contribution in [0.5, 0.6) is 11.8 Å². The van der Waals surface area contributed by atoms with Crippen molar-refractivity contribution in [1.82, 2.24) is 44.7 Å². The van der Waals surface area contributed by atoms with Crippen LogP contribution in [0.2, 0.25) is 5.02 Å². The minimum atomic E-state index is -0.462. The first kappa shape index (κ1) is 32.3. The maximum Gasteiger partial charge on any atom is 0.321 e. The molecule has 0 fully saturated rings. The Morgan fingerprint density at radius 2 is 1.46 bits per heavy atom. The van der Waals surface area contributed by atoms with Gasteiger partial charge in [0.1, 0.15) is 11.6 Å². The van der Waals surface area contributed by atoms with Crippen LogP contribution in [0.25, 0.3) is 0 Å². The molecular formula is C20H22Br5ClFN9O. The van der Waals surface area contributed by atoms with Gasteiger partial charge in [0.2, 0.25) is 14.2 Å². The second-order valence-electron chi connectivity index (χ2n) is 8.07. The highest BCUT2D eigenvalue weighted by Crippen LogP contribution is 2.26. The fourth-order valence-corrected chi connectivity index (χ4v) is 4.82. The fourth-order valence-electron chi connectivity index (χ4n) is 2.52. The molecule has 202 valence electrons. The second kappa shape index (κ2) is 15.6. The van der Waals surface area contributed by atoms with Gasteiger partial charge in [-0.05, 0) is 104 Å². The zero-order valence-electron chi connectivity index (χ0n) is 19.9. The van der Waals surface area contributed by atoms with Crippen molar-refractivity contribution in [3.63, 3.8) is 0 Å². The van der Waals surface area contributed by atoms with Crippen LogP contribution < -0.4 is 4.74 Å². The number of aromatic nitrogens is 9. The van der Waals surface area contributed by atoms with E-state index in [9.17, 15) is 4.39 Å². The second-order valence-corrected chi connectivity index (χ2v) is 12.1. The Bertz CT molecular complexity index is 1240. The zero-order chi connectivity index (χ0) is 27.7. The molecule has 3 aromatic heterocycles. The number of hydrogen-bond donors (Lipinski definition) is 1. The molecule has 0 saturated heterocycles. The third kappa shape index (κ3) is 12.2. The van der Waals surface area contributed by atoms with E-state index in [0.717, 1.165) is 11.3 Å². The Kier molecular flexibility index (Phi) is 13.6. The van der Waals surface area contributed by atoms with Gasteiger partial charge in [-0.25, -0.2) is 13.8 Å². The van der Waals surface area contributed by atoms with Crippen LogP contribution in [0, 0.1) is 17.7 Å². The van der Waals surface area contributed by atoms with Gasteiger partial charge in [-0.1, -0.05) is 39.3 Å². The van der Waals surface area contributed by atoms with Crippen molar-refractivity contribution in [3.05, 3.63) is 52.7 Å². The molecule has 10 nitrogen and oxygen atoms in total. The summed E-state index contributed by atoms with van der Waals surface area (Å²) in [7, 11) is 0. The first-order valence-electron chi connectivity index (χ1n) is 10.6. The van der Waals surface area contributed by atoms with E-state index in [4.69, 9.17) is 16.3 Å². The van der Waals surface area contributed by atoms with Crippen molar-refractivity contribution >= 4 is 91.3 Å². The van der Waals surface area contributed by atoms with E-state index in [1.54, 1.807) is 4.68 Å². The summed E-state index contributed by atoms with van der Waals surface area (Å²) in [5.74, 6) is 0.790. The Morgan fingerprint density at radius 1 is 0.865 bits per heavy atom. The Morgan fingerprint density at radius 3 is 1.92 bits per heavy atom. The number of aromatic amines is 1. The zero-order valence-corrected chi connectivity index (χ0v) is 28.6. The molecule has 0 saturated carbocycles. The van der Waals surface area contributed by atoms with E-state index in [2.05, 4.69) is 143 Å². The lowest BCUT2D eigenvalue weighted by Crippen LogP contribution is -2.07. The summed E-state index contributed by atoms with van der Waals surface area (Å²) in [5.41, 5.74) is 0. The lowest BCUT2D eigenvalue weighted by Gasteiger charge is -2.09. The Balaban J connectivity index is 0.000000224. The van der Waals surface area contributed by atoms with Crippen LogP contribution in [0.3, 0.4) is 0 Å². The van der Waals surface area contributed by atoms with Crippen molar-refractivity contribution in [1.29, 1.82) is 0 Å². The van der Waals surface area contributed by atoms with Gasteiger partial charge in [0.15, 0.2) is 9.47 Å². The maximum absolute atomic E-state index is 13.2. The summed E-state index contributed by atoms with van der Waals surface area (Å²) >= 11 is 21.6. The quantitative estimate of drug-likeness (QED) is 0.209. The molecule has 0 atom stereocenters. The molecule has 0 unspecified atom stereocenters. The molecule has 0 spiro atoms. The fraction of sp³-hybridized carbons (Fsp3) is 0.400. The first-order chi connectivity index (χ1) is 17.3. The number of benzene rings is 1. The Hall–Kier alpha value is -0.940. The van der Waals surface area contributed by atoms with Gasteiger partial charge in [0.05, 0.1) is 0 Å². The molecule has 0 amide bonds. The molecule has 1 aromatic carbocycles. The standard InChI is InChI=1S/C12H12BrClFN3O.C6H9Br2N3.C2HBr2N3/c1-7(2)6-18-12(16-11(13)17-18)19-10-4-8(14)3-9(15)5-10;1-4(2)3-11-6(8)9-5(7)10-11;3-1-5-2(4)7-6-1/h3-5,7H,6H2,1-2H3;4H,3H2,1-2H3;(H,5,6,7). The predicted octanol–water partition coefficient (Wildman–Crippen LogP) is 8.07. The molecule has 0 bridgehead atoms. The van der Waals surface area contributed by atoms with E-state index in [0.29, 0.717) is 43.3 Å². The first-order valence-corrected chi connectivity index (χ1v) is 14.9. The molecule has 0 aliphatic rings. The van der Waals surface area contributed by atoms with E-state index < -0.39 is 5.82 Å². The number of ether oxygens (including phenoxy) is 1. The average molecular weight is 858 g/mol. The molecule has 37 heavy (non-hydrogen) atoms. The van der Waals surface area contributed by atoms with Crippen molar-refractivity contribution in [2.45, 2.75) is 40.8 Å². The van der Waals surface area contributed by atoms with Gasteiger partial charge in [-0.2, -0.15) is 15.0 Å². The number of hydrogen-bond acceptors (Lipinski definition) is 7. The summed E-state index contributed by atoms with van der Waals surface area (Å²) in [5, 5.41) is 14.8. The SMILES string of the molecule is Brc1n[nH]c(Br)n1.CC(C)Cn1nc(Br)nc1Br.CC(C)Cn1nc(Br)nc1Oc1cc(F)cc(Cl)c1. The van der Waals surface area contributed by atoms with Crippen molar-refractivity contribution in [2.75, 3.05) is 0 Å².